The van der Waals surface area contributed by atoms with Gasteiger partial charge in [0.05, 0.1) is 12.6 Å². The second kappa shape index (κ2) is 8.04. The quantitative estimate of drug-likeness (QED) is 0.834. The van der Waals surface area contributed by atoms with Gasteiger partial charge in [-0.3, -0.25) is 4.90 Å². The summed E-state index contributed by atoms with van der Waals surface area (Å²) in [6.45, 7) is 10.3. The Balaban J connectivity index is 1.93. The maximum absolute atomic E-state index is 9.91. The van der Waals surface area contributed by atoms with Crippen molar-refractivity contribution in [3.63, 3.8) is 0 Å². The smallest absolute Gasteiger partial charge is 0.240 e. The Hall–Kier alpha value is -0.980. The van der Waals surface area contributed by atoms with Crippen LogP contribution in [0.5, 0.6) is 0 Å². The number of hydrogen-bond acceptors (Lipinski definition) is 6. The molecule has 0 radical (unpaired) electrons. The maximum atomic E-state index is 9.91. The number of likely N-dealkylation sites (tertiary alicyclic amines) is 1. The minimum Gasteiger partial charge on any atom is -0.392 e. The molecule has 0 unspecified atom stereocenters. The molecule has 3 atom stereocenters. The Labute approximate surface area is 132 Å². The van der Waals surface area contributed by atoms with E-state index in [9.17, 15) is 5.11 Å². The third-order valence-electron chi connectivity index (χ3n) is 4.09. The first-order valence-electron chi connectivity index (χ1n) is 8.33. The van der Waals surface area contributed by atoms with E-state index < -0.39 is 0 Å². The van der Waals surface area contributed by atoms with Crippen LogP contribution in [0.15, 0.2) is 4.52 Å². The van der Waals surface area contributed by atoms with E-state index in [0.717, 1.165) is 19.4 Å². The number of ether oxygens (including phenoxy) is 1. The molecule has 0 amide bonds. The molecule has 0 aliphatic carbocycles. The monoisotopic (exact) mass is 311 g/mol. The Morgan fingerprint density at radius 1 is 1.32 bits per heavy atom. The molecule has 6 heteroatoms. The van der Waals surface area contributed by atoms with Crippen molar-refractivity contribution in [2.45, 2.75) is 71.8 Å². The van der Waals surface area contributed by atoms with Gasteiger partial charge in [0.2, 0.25) is 5.89 Å². The summed E-state index contributed by atoms with van der Waals surface area (Å²) in [7, 11) is 0. The van der Waals surface area contributed by atoms with Crippen molar-refractivity contribution in [1.29, 1.82) is 0 Å². The van der Waals surface area contributed by atoms with E-state index in [0.29, 0.717) is 30.8 Å². The highest BCUT2D eigenvalue weighted by Gasteiger charge is 2.28. The molecule has 6 nitrogen and oxygen atoms in total. The maximum Gasteiger partial charge on any atom is 0.240 e. The fourth-order valence-corrected chi connectivity index (χ4v) is 2.84. The third kappa shape index (κ3) is 4.76. The topological polar surface area (TPSA) is 71.6 Å². The van der Waals surface area contributed by atoms with Crippen LogP contribution in [-0.2, 0) is 11.3 Å². The molecule has 1 saturated heterocycles. The minimum atomic E-state index is -0.337. The van der Waals surface area contributed by atoms with Crippen LogP contribution in [-0.4, -0.2) is 45.4 Å². The van der Waals surface area contributed by atoms with Gasteiger partial charge in [0, 0.05) is 12.6 Å². The molecule has 0 aromatic carbocycles. The molecule has 1 N–H and O–H groups in total. The van der Waals surface area contributed by atoms with Crippen LogP contribution in [0.25, 0.3) is 0 Å². The van der Waals surface area contributed by atoms with Crippen LogP contribution < -0.4 is 0 Å². The summed E-state index contributed by atoms with van der Waals surface area (Å²) in [6, 6.07) is 0.179. The lowest BCUT2D eigenvalue weighted by Gasteiger charge is -2.36. The number of aliphatic hydroxyl groups is 1. The fourth-order valence-electron chi connectivity index (χ4n) is 2.84. The molecule has 0 bridgehead atoms. The molecule has 0 spiro atoms. The summed E-state index contributed by atoms with van der Waals surface area (Å²) >= 11 is 0. The Bertz CT molecular complexity index is 448. The van der Waals surface area contributed by atoms with Gasteiger partial charge >= 0.3 is 0 Å². The van der Waals surface area contributed by atoms with Gasteiger partial charge in [0.1, 0.15) is 6.10 Å². The van der Waals surface area contributed by atoms with Gasteiger partial charge in [-0.05, 0) is 39.2 Å². The zero-order valence-corrected chi connectivity index (χ0v) is 14.2. The van der Waals surface area contributed by atoms with E-state index in [-0.39, 0.29) is 18.2 Å². The summed E-state index contributed by atoms with van der Waals surface area (Å²) < 4.78 is 11.1. The predicted molar refractivity (Wildman–Crippen MR) is 83.2 cm³/mol. The third-order valence-corrected chi connectivity index (χ3v) is 4.09. The fraction of sp³-hybridized carbons (Fsp3) is 0.875. The molecular formula is C16H29N3O3. The molecule has 2 heterocycles. The summed E-state index contributed by atoms with van der Waals surface area (Å²) in [5.74, 6) is 1.68. The summed E-state index contributed by atoms with van der Waals surface area (Å²) in [4.78, 5) is 6.69. The van der Waals surface area contributed by atoms with Gasteiger partial charge in [-0.15, -0.1) is 0 Å². The van der Waals surface area contributed by atoms with Gasteiger partial charge in [0.15, 0.2) is 5.82 Å². The lowest BCUT2D eigenvalue weighted by Crippen LogP contribution is -2.45. The first-order valence-corrected chi connectivity index (χ1v) is 8.33. The highest BCUT2D eigenvalue weighted by molar-refractivity contribution is 4.92. The van der Waals surface area contributed by atoms with Gasteiger partial charge in [-0.1, -0.05) is 25.4 Å². The van der Waals surface area contributed by atoms with Crippen molar-refractivity contribution in [1.82, 2.24) is 15.0 Å². The van der Waals surface area contributed by atoms with Crippen LogP contribution in [0.3, 0.4) is 0 Å². The van der Waals surface area contributed by atoms with E-state index in [1.165, 1.54) is 6.42 Å². The number of aromatic nitrogens is 2. The summed E-state index contributed by atoms with van der Waals surface area (Å²) in [5.41, 5.74) is 0. The molecule has 0 saturated carbocycles. The van der Waals surface area contributed by atoms with Crippen molar-refractivity contribution in [2.75, 3.05) is 13.2 Å². The zero-order chi connectivity index (χ0) is 16.1. The SMILES string of the molecule is CC(C)CO[C@H](C)c1noc(CN2CCCC[C@H]2[C@H](C)O)n1. The van der Waals surface area contributed by atoms with Gasteiger partial charge in [-0.2, -0.15) is 4.98 Å². The van der Waals surface area contributed by atoms with Crippen LogP contribution in [0.4, 0.5) is 0 Å². The molecule has 1 aliphatic rings. The normalized spacial score (nSPS) is 22.9. The van der Waals surface area contributed by atoms with Crippen LogP contribution in [0.2, 0.25) is 0 Å². The highest BCUT2D eigenvalue weighted by Crippen LogP contribution is 2.22. The van der Waals surface area contributed by atoms with E-state index in [4.69, 9.17) is 9.26 Å². The Morgan fingerprint density at radius 3 is 2.77 bits per heavy atom. The molecule has 2 rings (SSSR count). The van der Waals surface area contributed by atoms with Gasteiger partial charge in [-0.25, -0.2) is 0 Å². The molecule has 1 aromatic rings. The second-order valence-electron chi connectivity index (χ2n) is 6.69. The molecule has 1 aromatic heterocycles. The van der Waals surface area contributed by atoms with Crippen molar-refractivity contribution in [2.24, 2.45) is 5.92 Å². The van der Waals surface area contributed by atoms with Gasteiger partial charge in [0.25, 0.3) is 0 Å². The van der Waals surface area contributed by atoms with Crippen LogP contribution in [0.1, 0.15) is 64.8 Å². The van der Waals surface area contributed by atoms with Crippen molar-refractivity contribution < 1.29 is 14.4 Å². The van der Waals surface area contributed by atoms with Crippen LogP contribution in [0, 0.1) is 5.92 Å². The summed E-state index contributed by atoms with van der Waals surface area (Å²) in [6.07, 6.45) is 2.84. The number of piperidine rings is 1. The largest absolute Gasteiger partial charge is 0.392 e. The highest BCUT2D eigenvalue weighted by atomic mass is 16.5. The van der Waals surface area contributed by atoms with E-state index >= 15 is 0 Å². The van der Waals surface area contributed by atoms with E-state index in [1.54, 1.807) is 0 Å². The number of nitrogens with zero attached hydrogens (tertiary/aromatic N) is 3. The average Bonchev–Trinajstić information content (AvgIpc) is 2.93. The average molecular weight is 311 g/mol. The van der Waals surface area contributed by atoms with Crippen molar-refractivity contribution in [3.8, 4) is 0 Å². The Morgan fingerprint density at radius 2 is 2.09 bits per heavy atom. The molecule has 1 aliphatic heterocycles. The minimum absolute atomic E-state index is 0.159. The lowest BCUT2D eigenvalue weighted by atomic mass is 9.98. The van der Waals surface area contributed by atoms with E-state index in [2.05, 4.69) is 28.9 Å². The Kier molecular flexibility index (Phi) is 6.35. The predicted octanol–water partition coefficient (Wildman–Crippen LogP) is 2.54. The molecule has 1 fully saturated rings. The van der Waals surface area contributed by atoms with Crippen molar-refractivity contribution in [3.05, 3.63) is 11.7 Å². The molecular weight excluding hydrogens is 282 g/mol. The van der Waals surface area contributed by atoms with E-state index in [1.807, 2.05) is 13.8 Å². The first-order chi connectivity index (χ1) is 10.5. The zero-order valence-electron chi connectivity index (χ0n) is 14.2. The number of rotatable bonds is 7. The lowest BCUT2D eigenvalue weighted by molar-refractivity contribution is 0.0260. The first kappa shape index (κ1) is 17.4. The number of aliphatic hydroxyl groups excluding tert-OH is 1. The second-order valence-corrected chi connectivity index (χ2v) is 6.69. The van der Waals surface area contributed by atoms with Crippen molar-refractivity contribution >= 4 is 0 Å². The molecule has 126 valence electrons. The standard InChI is InChI=1S/C16H29N3O3/c1-11(2)10-21-13(4)16-17-15(22-18-16)9-19-8-6-5-7-14(19)12(3)20/h11-14,20H,5-10H2,1-4H3/t12-,13+,14-/m0/s1. The van der Waals surface area contributed by atoms with Gasteiger partial charge < -0.3 is 14.4 Å². The summed E-state index contributed by atoms with van der Waals surface area (Å²) in [5, 5.41) is 13.9. The van der Waals surface area contributed by atoms with Crippen LogP contribution >= 0.6 is 0 Å². The number of hydrogen-bond donors (Lipinski definition) is 1. The molecule has 22 heavy (non-hydrogen) atoms.